The molecule has 0 aliphatic carbocycles. The summed E-state index contributed by atoms with van der Waals surface area (Å²) < 4.78 is 8.31. The largest absolute Gasteiger partial charge is 0.478 e. The van der Waals surface area contributed by atoms with E-state index in [1.54, 1.807) is 0 Å². The minimum Gasteiger partial charge on any atom is -0.478 e. The van der Waals surface area contributed by atoms with Gasteiger partial charge in [0.05, 0.1) is 12.1 Å². The molecule has 0 saturated carbocycles. The molecule has 0 bridgehead atoms. The zero-order valence-electron chi connectivity index (χ0n) is 17.4. The number of rotatable bonds is 7. The van der Waals surface area contributed by atoms with E-state index in [2.05, 4.69) is 91.1 Å². The maximum absolute atomic E-state index is 6.02. The van der Waals surface area contributed by atoms with Crippen molar-refractivity contribution < 1.29 is 4.74 Å². The Bertz CT molecular complexity index is 1080. The zero-order valence-corrected chi connectivity index (χ0v) is 18.4. The summed E-state index contributed by atoms with van der Waals surface area (Å²) in [6.45, 7) is 8.65. The molecular weight excluding hydrogens is 372 g/mol. The highest BCUT2D eigenvalue weighted by atomic mass is 28.3. The van der Waals surface area contributed by atoms with Crippen LogP contribution in [0.4, 0.5) is 0 Å². The first-order valence-electron chi connectivity index (χ1n) is 10.2. The van der Waals surface area contributed by atoms with Crippen molar-refractivity contribution >= 4 is 19.1 Å². The highest BCUT2D eigenvalue weighted by molar-refractivity contribution is 6.76. The second-order valence-electron chi connectivity index (χ2n) is 8.70. The number of fused-ring (bicyclic) bond motifs is 1. The summed E-state index contributed by atoms with van der Waals surface area (Å²) in [6, 6.07) is 26.3. The molecule has 2 aromatic heterocycles. The Hall–Kier alpha value is -2.85. The second kappa shape index (κ2) is 8.25. The van der Waals surface area contributed by atoms with Gasteiger partial charge >= 0.3 is 0 Å². The highest BCUT2D eigenvalue weighted by Gasteiger charge is 2.15. The van der Waals surface area contributed by atoms with Crippen LogP contribution in [0.1, 0.15) is 5.56 Å². The van der Waals surface area contributed by atoms with Gasteiger partial charge in [0.25, 0.3) is 0 Å². The third-order valence-electron chi connectivity index (χ3n) is 5.08. The van der Waals surface area contributed by atoms with Crippen LogP contribution in [-0.2, 0) is 6.54 Å². The first-order chi connectivity index (χ1) is 14.0. The van der Waals surface area contributed by atoms with Crippen molar-refractivity contribution in [3.63, 3.8) is 0 Å². The van der Waals surface area contributed by atoms with E-state index in [9.17, 15) is 0 Å². The molecule has 2 heterocycles. The van der Waals surface area contributed by atoms with Crippen molar-refractivity contribution in [2.45, 2.75) is 32.2 Å². The average Bonchev–Trinajstić information content (AvgIpc) is 3.06. The molecule has 148 valence electrons. The summed E-state index contributed by atoms with van der Waals surface area (Å²) in [7, 11) is -1.12. The molecule has 4 heteroatoms. The van der Waals surface area contributed by atoms with Gasteiger partial charge in [0.2, 0.25) is 5.88 Å². The van der Waals surface area contributed by atoms with Crippen LogP contribution in [0.3, 0.4) is 0 Å². The van der Waals surface area contributed by atoms with Gasteiger partial charge in [-0.1, -0.05) is 80.3 Å². The van der Waals surface area contributed by atoms with Crippen LogP contribution >= 0.6 is 0 Å². The maximum Gasteiger partial charge on any atom is 0.213 e. The van der Waals surface area contributed by atoms with Crippen molar-refractivity contribution in [1.29, 1.82) is 0 Å². The molecule has 0 fully saturated rings. The molecule has 0 N–H and O–H groups in total. The molecule has 2 aromatic carbocycles. The predicted molar refractivity (Wildman–Crippen MR) is 124 cm³/mol. The molecule has 3 nitrogen and oxygen atoms in total. The number of pyridine rings is 1. The van der Waals surface area contributed by atoms with Gasteiger partial charge in [-0.05, 0) is 23.2 Å². The van der Waals surface area contributed by atoms with Crippen molar-refractivity contribution in [3.8, 4) is 17.0 Å². The Morgan fingerprint density at radius 3 is 2.24 bits per heavy atom. The van der Waals surface area contributed by atoms with Gasteiger partial charge in [-0.2, -0.15) is 0 Å². The molecule has 29 heavy (non-hydrogen) atoms. The van der Waals surface area contributed by atoms with Crippen molar-refractivity contribution in [3.05, 3.63) is 84.6 Å². The van der Waals surface area contributed by atoms with E-state index in [-0.39, 0.29) is 0 Å². The van der Waals surface area contributed by atoms with Gasteiger partial charge in [-0.3, -0.25) is 0 Å². The summed E-state index contributed by atoms with van der Waals surface area (Å²) in [6.07, 6.45) is 2.21. The molecule has 0 amide bonds. The summed E-state index contributed by atoms with van der Waals surface area (Å²) in [5.41, 5.74) is 5.73. The van der Waals surface area contributed by atoms with Crippen LogP contribution < -0.4 is 4.74 Å². The molecule has 0 radical (unpaired) electrons. The molecule has 0 saturated heterocycles. The smallest absolute Gasteiger partial charge is 0.213 e. The third-order valence-corrected chi connectivity index (χ3v) is 6.78. The van der Waals surface area contributed by atoms with Crippen LogP contribution in [0.15, 0.2) is 79.0 Å². The van der Waals surface area contributed by atoms with Crippen LogP contribution in [-0.4, -0.2) is 24.2 Å². The van der Waals surface area contributed by atoms with Gasteiger partial charge in [-0.15, -0.1) is 0 Å². The molecule has 0 aliphatic heterocycles. The first-order valence-corrected chi connectivity index (χ1v) is 13.9. The summed E-state index contributed by atoms with van der Waals surface area (Å²) >= 11 is 0. The van der Waals surface area contributed by atoms with Crippen LogP contribution in [0.5, 0.6) is 5.88 Å². The lowest BCUT2D eigenvalue weighted by Gasteiger charge is -2.15. The van der Waals surface area contributed by atoms with Crippen molar-refractivity contribution in [1.82, 2.24) is 9.55 Å². The van der Waals surface area contributed by atoms with Crippen LogP contribution in [0, 0.1) is 0 Å². The van der Waals surface area contributed by atoms with E-state index in [4.69, 9.17) is 9.72 Å². The second-order valence-corrected chi connectivity index (χ2v) is 14.3. The predicted octanol–water partition coefficient (Wildman–Crippen LogP) is 6.47. The van der Waals surface area contributed by atoms with Gasteiger partial charge < -0.3 is 9.30 Å². The minimum atomic E-state index is -1.12. The van der Waals surface area contributed by atoms with Gasteiger partial charge in [-0.25, -0.2) is 4.98 Å². The molecule has 0 aliphatic rings. The summed E-state index contributed by atoms with van der Waals surface area (Å²) in [5.74, 6) is 0.713. The Labute approximate surface area is 174 Å². The van der Waals surface area contributed by atoms with E-state index in [0.717, 1.165) is 35.8 Å². The van der Waals surface area contributed by atoms with Crippen LogP contribution in [0.25, 0.3) is 22.2 Å². The van der Waals surface area contributed by atoms with E-state index >= 15 is 0 Å². The molecule has 0 atom stereocenters. The Balaban J connectivity index is 1.71. The Morgan fingerprint density at radius 1 is 0.862 bits per heavy atom. The van der Waals surface area contributed by atoms with E-state index in [0.29, 0.717) is 5.88 Å². The van der Waals surface area contributed by atoms with Crippen molar-refractivity contribution in [2.75, 3.05) is 6.61 Å². The van der Waals surface area contributed by atoms with Crippen molar-refractivity contribution in [2.24, 2.45) is 0 Å². The summed E-state index contributed by atoms with van der Waals surface area (Å²) in [4.78, 5) is 4.91. The van der Waals surface area contributed by atoms with E-state index in [1.807, 2.05) is 12.1 Å². The lowest BCUT2D eigenvalue weighted by Crippen LogP contribution is -2.22. The topological polar surface area (TPSA) is 27.1 Å². The molecule has 4 aromatic rings. The fraction of sp³-hybridized carbons (Fsp3) is 0.240. The van der Waals surface area contributed by atoms with Gasteiger partial charge in [0.1, 0.15) is 5.52 Å². The van der Waals surface area contributed by atoms with Gasteiger partial charge in [0.15, 0.2) is 0 Å². The fourth-order valence-corrected chi connectivity index (χ4v) is 4.15. The third kappa shape index (κ3) is 4.77. The molecule has 4 rings (SSSR count). The normalized spacial score (nSPS) is 11.7. The number of ether oxygens (including phenoxy) is 1. The molecular formula is C25H28N2OSi. The number of hydrogen-bond donors (Lipinski definition) is 0. The minimum absolute atomic E-state index is 0.713. The highest BCUT2D eigenvalue weighted by Crippen LogP contribution is 2.31. The van der Waals surface area contributed by atoms with E-state index in [1.165, 1.54) is 11.1 Å². The zero-order chi connectivity index (χ0) is 20.3. The lowest BCUT2D eigenvalue weighted by atomic mass is 10.1. The summed E-state index contributed by atoms with van der Waals surface area (Å²) in [5, 5.41) is 0. The van der Waals surface area contributed by atoms with E-state index < -0.39 is 8.07 Å². The quantitative estimate of drug-likeness (QED) is 0.332. The number of benzene rings is 2. The Kier molecular flexibility index (Phi) is 5.54. The first kappa shape index (κ1) is 19.5. The maximum atomic E-state index is 6.02. The number of aromatic nitrogens is 2. The standard InChI is InChI=1S/C25H28N2OSi/c1-29(2,3)17-16-28-24-15-14-23-25(26-24)22(21-12-8-5-9-13-21)19-27(23)18-20-10-6-4-7-11-20/h4-15,19H,16-18H2,1-3H3. The average molecular weight is 401 g/mol. The fourth-order valence-electron chi connectivity index (χ4n) is 3.43. The lowest BCUT2D eigenvalue weighted by molar-refractivity contribution is 0.326. The number of hydrogen-bond acceptors (Lipinski definition) is 2. The SMILES string of the molecule is C[Si](C)(C)CCOc1ccc2c(n1)c(-c1ccccc1)cn2Cc1ccccc1. The van der Waals surface area contributed by atoms with Gasteiger partial charge in [0, 0.05) is 32.4 Å². The number of nitrogens with zero attached hydrogens (tertiary/aromatic N) is 2. The molecule has 0 unspecified atom stereocenters. The molecule has 0 spiro atoms. The Morgan fingerprint density at radius 2 is 1.55 bits per heavy atom. The monoisotopic (exact) mass is 400 g/mol. The van der Waals surface area contributed by atoms with Crippen LogP contribution in [0.2, 0.25) is 25.7 Å².